The van der Waals surface area contributed by atoms with E-state index in [2.05, 4.69) is 27.4 Å². The van der Waals surface area contributed by atoms with E-state index >= 15 is 0 Å². The summed E-state index contributed by atoms with van der Waals surface area (Å²) in [5.74, 6) is 1.62. The third-order valence-corrected chi connectivity index (χ3v) is 5.67. The van der Waals surface area contributed by atoms with Gasteiger partial charge in [-0.25, -0.2) is 4.79 Å². The van der Waals surface area contributed by atoms with E-state index in [1.165, 1.54) is 18.9 Å². The predicted octanol–water partition coefficient (Wildman–Crippen LogP) is 6.73. The highest BCUT2D eigenvalue weighted by Gasteiger charge is 2.17. The largest absolute Gasteiger partial charge is 0.493 e. The van der Waals surface area contributed by atoms with Crippen molar-refractivity contribution in [2.45, 2.75) is 65.4 Å². The Hall–Kier alpha value is -2.53. The number of unbranched alkanes of at least 4 members (excludes halogenated alkanes) is 2. The van der Waals surface area contributed by atoms with Crippen molar-refractivity contribution in [3.05, 3.63) is 49.1 Å². The summed E-state index contributed by atoms with van der Waals surface area (Å²) in [5.41, 5.74) is 0. The maximum atomic E-state index is 11.8. The van der Waals surface area contributed by atoms with Crippen LogP contribution in [0.1, 0.15) is 59.3 Å². The summed E-state index contributed by atoms with van der Waals surface area (Å²) in [7, 11) is 0. The molecule has 0 saturated heterocycles. The van der Waals surface area contributed by atoms with E-state index in [1.54, 1.807) is 0 Å². The lowest BCUT2D eigenvalue weighted by molar-refractivity contribution is -0.148. The molecule has 0 heterocycles. The number of carbonyl (C=O) groups is 1. The Morgan fingerprint density at radius 1 is 0.909 bits per heavy atom. The molecule has 0 fully saturated rings. The summed E-state index contributed by atoms with van der Waals surface area (Å²) in [5, 5.41) is 1.97. The van der Waals surface area contributed by atoms with Gasteiger partial charge < -0.3 is 18.9 Å². The summed E-state index contributed by atoms with van der Waals surface area (Å²) in [6, 6.07) is 11.9. The van der Waals surface area contributed by atoms with Gasteiger partial charge in [-0.1, -0.05) is 77.3 Å². The molecule has 0 amide bonds. The molecular formula is C28H40O5. The first kappa shape index (κ1) is 26.7. The zero-order valence-electron chi connectivity index (χ0n) is 20.5. The standard InChI is InChI=1S/C28H40O5/c1-5-9-13-22(7-3)19-30-20-23(33-28(29)8-4)21-32-27-17-16-26(31-18-10-6-2)24-14-11-12-15-25(24)27/h8,11-12,14-17,22-23H,4-7,9-10,13,18-21H2,1-3H3. The van der Waals surface area contributed by atoms with Crippen LogP contribution in [0.2, 0.25) is 0 Å². The quantitative estimate of drug-likeness (QED) is 0.150. The van der Waals surface area contributed by atoms with Crippen molar-refractivity contribution in [1.29, 1.82) is 0 Å². The zero-order chi connectivity index (χ0) is 23.9. The Bertz CT molecular complexity index is 847. The van der Waals surface area contributed by atoms with Gasteiger partial charge in [0.05, 0.1) is 13.2 Å². The monoisotopic (exact) mass is 456 g/mol. The summed E-state index contributed by atoms with van der Waals surface area (Å²) in [4.78, 5) is 11.8. The topological polar surface area (TPSA) is 54.0 Å². The smallest absolute Gasteiger partial charge is 0.330 e. The van der Waals surface area contributed by atoms with Crippen molar-refractivity contribution in [2.24, 2.45) is 5.92 Å². The highest BCUT2D eigenvalue weighted by atomic mass is 16.6. The van der Waals surface area contributed by atoms with Crippen molar-refractivity contribution >= 4 is 16.7 Å². The Morgan fingerprint density at radius 3 is 2.18 bits per heavy atom. The van der Waals surface area contributed by atoms with Gasteiger partial charge in [0, 0.05) is 23.5 Å². The number of hydrogen-bond donors (Lipinski definition) is 0. The van der Waals surface area contributed by atoms with Crippen LogP contribution in [-0.2, 0) is 14.3 Å². The molecule has 0 aliphatic carbocycles. The number of fused-ring (bicyclic) bond motifs is 1. The van der Waals surface area contributed by atoms with Gasteiger partial charge in [-0.2, -0.15) is 0 Å². The first-order valence-corrected chi connectivity index (χ1v) is 12.3. The van der Waals surface area contributed by atoms with Crippen LogP contribution in [0.3, 0.4) is 0 Å². The molecule has 2 rings (SSSR count). The third kappa shape index (κ3) is 9.09. The summed E-state index contributed by atoms with van der Waals surface area (Å²) >= 11 is 0. The minimum atomic E-state index is -0.515. The van der Waals surface area contributed by atoms with Crippen molar-refractivity contribution in [1.82, 2.24) is 0 Å². The molecule has 2 aromatic rings. The fourth-order valence-corrected chi connectivity index (χ4v) is 3.60. The number of benzene rings is 2. The van der Waals surface area contributed by atoms with E-state index in [9.17, 15) is 4.79 Å². The number of rotatable bonds is 17. The molecule has 2 unspecified atom stereocenters. The van der Waals surface area contributed by atoms with E-state index in [-0.39, 0.29) is 6.61 Å². The van der Waals surface area contributed by atoms with Crippen LogP contribution in [0.15, 0.2) is 49.1 Å². The second-order valence-electron chi connectivity index (χ2n) is 8.34. The average molecular weight is 457 g/mol. The highest BCUT2D eigenvalue weighted by Crippen LogP contribution is 2.33. The SMILES string of the molecule is C=CC(=O)OC(COCC(CC)CCCC)COc1ccc(OCCCC)c2ccccc12. The summed E-state index contributed by atoms with van der Waals surface area (Å²) in [6.45, 7) is 11.9. The van der Waals surface area contributed by atoms with Crippen molar-refractivity contribution in [3.63, 3.8) is 0 Å². The number of esters is 1. The van der Waals surface area contributed by atoms with Crippen LogP contribution < -0.4 is 9.47 Å². The average Bonchev–Trinajstić information content (AvgIpc) is 2.85. The molecule has 0 N–H and O–H groups in total. The van der Waals surface area contributed by atoms with Crippen LogP contribution in [-0.4, -0.2) is 38.5 Å². The van der Waals surface area contributed by atoms with Gasteiger partial charge in [0.25, 0.3) is 0 Å². The molecule has 0 aliphatic rings. The van der Waals surface area contributed by atoms with E-state index < -0.39 is 12.1 Å². The van der Waals surface area contributed by atoms with Crippen LogP contribution >= 0.6 is 0 Å². The molecule has 0 aliphatic heterocycles. The molecule has 182 valence electrons. The molecule has 0 bridgehead atoms. The molecule has 2 aromatic carbocycles. The van der Waals surface area contributed by atoms with E-state index in [0.717, 1.165) is 48.0 Å². The summed E-state index contributed by atoms with van der Waals surface area (Å²) < 4.78 is 23.5. The Balaban J connectivity index is 2.04. The van der Waals surface area contributed by atoms with Crippen LogP contribution in [0.4, 0.5) is 0 Å². The molecule has 0 aromatic heterocycles. The molecule has 5 heteroatoms. The van der Waals surface area contributed by atoms with Gasteiger partial charge in [0.2, 0.25) is 0 Å². The molecular weight excluding hydrogens is 416 g/mol. The van der Waals surface area contributed by atoms with Gasteiger partial charge >= 0.3 is 5.97 Å². The maximum Gasteiger partial charge on any atom is 0.330 e. The minimum Gasteiger partial charge on any atom is -0.493 e. The van der Waals surface area contributed by atoms with Crippen molar-refractivity contribution in [3.8, 4) is 11.5 Å². The number of ether oxygens (including phenoxy) is 4. The lowest BCUT2D eigenvalue weighted by Gasteiger charge is -2.21. The van der Waals surface area contributed by atoms with Crippen LogP contribution in [0.5, 0.6) is 11.5 Å². The van der Waals surface area contributed by atoms with Crippen LogP contribution in [0, 0.1) is 5.92 Å². The summed E-state index contributed by atoms with van der Waals surface area (Å²) in [6.07, 6.45) is 7.36. The minimum absolute atomic E-state index is 0.200. The van der Waals surface area contributed by atoms with Gasteiger partial charge in [-0.05, 0) is 30.9 Å². The van der Waals surface area contributed by atoms with Gasteiger partial charge in [-0.3, -0.25) is 0 Å². The van der Waals surface area contributed by atoms with Crippen LogP contribution in [0.25, 0.3) is 10.8 Å². The Kier molecular flexibility index (Phi) is 12.4. The molecule has 5 nitrogen and oxygen atoms in total. The van der Waals surface area contributed by atoms with E-state index in [0.29, 0.717) is 25.7 Å². The van der Waals surface area contributed by atoms with E-state index in [1.807, 2.05) is 36.4 Å². The second kappa shape index (κ2) is 15.3. The van der Waals surface area contributed by atoms with Crippen molar-refractivity contribution in [2.75, 3.05) is 26.4 Å². The Labute approximate surface area is 199 Å². The second-order valence-corrected chi connectivity index (χ2v) is 8.34. The molecule has 0 radical (unpaired) electrons. The lowest BCUT2D eigenvalue weighted by Crippen LogP contribution is -2.30. The zero-order valence-corrected chi connectivity index (χ0v) is 20.5. The predicted molar refractivity (Wildman–Crippen MR) is 134 cm³/mol. The van der Waals surface area contributed by atoms with Gasteiger partial charge in [0.1, 0.15) is 18.1 Å². The first-order valence-electron chi connectivity index (χ1n) is 12.3. The normalized spacial score (nSPS) is 12.8. The molecule has 0 saturated carbocycles. The fourth-order valence-electron chi connectivity index (χ4n) is 3.60. The fraction of sp³-hybridized carbons (Fsp3) is 0.536. The van der Waals surface area contributed by atoms with E-state index in [4.69, 9.17) is 18.9 Å². The maximum absolute atomic E-state index is 11.8. The first-order chi connectivity index (χ1) is 16.1. The Morgan fingerprint density at radius 2 is 1.58 bits per heavy atom. The molecule has 33 heavy (non-hydrogen) atoms. The van der Waals surface area contributed by atoms with Gasteiger partial charge in [0.15, 0.2) is 6.10 Å². The number of carbonyl (C=O) groups excluding carboxylic acids is 1. The third-order valence-electron chi connectivity index (χ3n) is 5.67. The van der Waals surface area contributed by atoms with Crippen molar-refractivity contribution < 1.29 is 23.7 Å². The number of hydrogen-bond acceptors (Lipinski definition) is 5. The molecule has 0 spiro atoms. The van der Waals surface area contributed by atoms with Gasteiger partial charge in [-0.15, -0.1) is 0 Å². The molecule has 2 atom stereocenters. The highest BCUT2D eigenvalue weighted by molar-refractivity contribution is 5.93. The lowest BCUT2D eigenvalue weighted by atomic mass is 10.0.